The van der Waals surface area contributed by atoms with E-state index in [4.69, 9.17) is 11.6 Å². The molecule has 1 aliphatic rings. The Labute approximate surface area is 219 Å². The van der Waals surface area contributed by atoms with E-state index < -0.39 is 18.0 Å². The highest BCUT2D eigenvalue weighted by Crippen LogP contribution is 2.34. The first-order chi connectivity index (χ1) is 17.3. The number of benzene rings is 1. The van der Waals surface area contributed by atoms with Gasteiger partial charge in [0.1, 0.15) is 11.9 Å². The number of halogens is 1. The van der Waals surface area contributed by atoms with Crippen molar-refractivity contribution in [1.82, 2.24) is 15.2 Å². The van der Waals surface area contributed by atoms with Gasteiger partial charge >= 0.3 is 6.03 Å². The van der Waals surface area contributed by atoms with E-state index in [2.05, 4.69) is 15.6 Å². The number of likely N-dealkylation sites (N-methyl/N-ethyl adjacent to an activating group) is 1. The lowest BCUT2D eigenvalue weighted by Gasteiger charge is -2.46. The number of hydrogen-bond donors (Lipinski definition) is 2. The molecule has 4 rings (SSSR count). The summed E-state index contributed by atoms with van der Waals surface area (Å²) >= 11 is 7.55. The van der Waals surface area contributed by atoms with Crippen molar-refractivity contribution in [2.24, 2.45) is 5.92 Å². The number of aromatic nitrogens is 1. The zero-order valence-electron chi connectivity index (χ0n) is 20.3. The number of thiophene rings is 1. The molecule has 0 bridgehead atoms. The summed E-state index contributed by atoms with van der Waals surface area (Å²) in [5.74, 6) is -0.686. The van der Waals surface area contributed by atoms with E-state index in [1.165, 1.54) is 16.2 Å². The number of amides is 4. The molecule has 3 atom stereocenters. The minimum absolute atomic E-state index is 0.309. The molecule has 188 valence electrons. The SMILES string of the molecule is CCC(NC(=O)N1C(=O)[C@H](Cc2ccnc(NC)c2)[C@H]1C(=O)N(C)c1cccs1)c1cccc(Cl)c1. The molecule has 3 heterocycles. The summed E-state index contributed by atoms with van der Waals surface area (Å²) in [6.45, 7) is 1.93. The molecule has 8 nitrogen and oxygen atoms in total. The highest BCUT2D eigenvalue weighted by atomic mass is 35.5. The Kier molecular flexibility index (Phi) is 7.91. The van der Waals surface area contributed by atoms with E-state index in [-0.39, 0.29) is 17.9 Å². The molecular weight excluding hydrogens is 498 g/mol. The number of nitrogens with one attached hydrogen (secondary N) is 2. The highest BCUT2D eigenvalue weighted by Gasteiger charge is 2.55. The largest absolute Gasteiger partial charge is 0.373 e. The molecule has 1 saturated heterocycles. The molecule has 1 aromatic carbocycles. The van der Waals surface area contributed by atoms with Gasteiger partial charge in [-0.15, -0.1) is 11.3 Å². The molecule has 1 aliphatic heterocycles. The van der Waals surface area contributed by atoms with Crippen molar-refractivity contribution in [3.8, 4) is 0 Å². The minimum Gasteiger partial charge on any atom is -0.373 e. The number of likely N-dealkylation sites (tertiary alicyclic amines) is 1. The van der Waals surface area contributed by atoms with Crippen LogP contribution in [-0.4, -0.2) is 47.9 Å². The monoisotopic (exact) mass is 525 g/mol. The number of rotatable bonds is 8. The number of β-lactam (4-membered cyclic amide) rings is 1. The molecule has 4 amide bonds. The predicted octanol–water partition coefficient (Wildman–Crippen LogP) is 4.73. The molecule has 0 spiro atoms. The van der Waals surface area contributed by atoms with Gasteiger partial charge < -0.3 is 15.5 Å². The Morgan fingerprint density at radius 3 is 2.69 bits per heavy atom. The second kappa shape index (κ2) is 11.1. The Bertz CT molecular complexity index is 1250. The zero-order chi connectivity index (χ0) is 25.8. The predicted molar refractivity (Wildman–Crippen MR) is 142 cm³/mol. The van der Waals surface area contributed by atoms with Crippen LogP contribution in [0.15, 0.2) is 60.1 Å². The number of urea groups is 1. The summed E-state index contributed by atoms with van der Waals surface area (Å²) in [5.41, 5.74) is 1.69. The average molecular weight is 526 g/mol. The van der Waals surface area contributed by atoms with Gasteiger partial charge in [-0.1, -0.05) is 30.7 Å². The molecular formula is C26H28ClN5O3S. The maximum atomic E-state index is 13.6. The number of nitrogens with zero attached hydrogens (tertiary/aromatic N) is 3. The van der Waals surface area contributed by atoms with E-state index in [9.17, 15) is 14.4 Å². The molecule has 1 unspecified atom stereocenters. The summed E-state index contributed by atoms with van der Waals surface area (Å²) in [5, 5.41) is 9.08. The minimum atomic E-state index is -0.923. The molecule has 2 N–H and O–H groups in total. The van der Waals surface area contributed by atoms with Gasteiger partial charge in [0.15, 0.2) is 0 Å². The molecule has 0 aliphatic carbocycles. The lowest BCUT2D eigenvalue weighted by atomic mass is 9.81. The van der Waals surface area contributed by atoms with Crippen LogP contribution in [0.1, 0.15) is 30.5 Å². The second-order valence-electron chi connectivity index (χ2n) is 8.58. The fraction of sp³-hybridized carbons (Fsp3) is 0.308. The average Bonchev–Trinajstić information content (AvgIpc) is 3.43. The van der Waals surface area contributed by atoms with Crippen molar-refractivity contribution < 1.29 is 14.4 Å². The van der Waals surface area contributed by atoms with Crippen LogP contribution in [0.2, 0.25) is 5.02 Å². The first-order valence-corrected chi connectivity index (χ1v) is 12.9. The Hall–Kier alpha value is -3.43. The number of carbonyl (C=O) groups is 3. The van der Waals surface area contributed by atoms with Crippen LogP contribution < -0.4 is 15.5 Å². The van der Waals surface area contributed by atoms with Crippen LogP contribution in [-0.2, 0) is 16.0 Å². The summed E-state index contributed by atoms with van der Waals surface area (Å²) in [7, 11) is 3.43. The molecule has 10 heteroatoms. The Morgan fingerprint density at radius 1 is 1.22 bits per heavy atom. The Balaban J connectivity index is 1.59. The topological polar surface area (TPSA) is 94.6 Å². The van der Waals surface area contributed by atoms with E-state index in [1.54, 1.807) is 32.4 Å². The van der Waals surface area contributed by atoms with E-state index in [0.29, 0.717) is 23.7 Å². The normalized spacial score (nSPS) is 17.8. The standard InChI is InChI=1S/C26H28ClN5O3S/c1-4-20(17-7-5-8-18(27)15-17)30-26(35)32-23(25(34)31(3)22-9-6-12-36-22)19(24(32)33)13-16-10-11-29-21(14-16)28-2/h5-12,14-15,19-20,23H,4,13H2,1-3H3,(H,28,29)(H,30,35)/t19-,20?,23+/m1/s1. The van der Waals surface area contributed by atoms with Crippen LogP contribution in [0.4, 0.5) is 15.6 Å². The van der Waals surface area contributed by atoms with Crippen molar-refractivity contribution >= 4 is 51.6 Å². The van der Waals surface area contributed by atoms with Gasteiger partial charge in [-0.3, -0.25) is 14.5 Å². The number of anilines is 2. The lowest BCUT2D eigenvalue weighted by Crippen LogP contribution is -2.70. The van der Waals surface area contributed by atoms with Crippen LogP contribution in [0, 0.1) is 5.92 Å². The Morgan fingerprint density at radius 2 is 2.03 bits per heavy atom. The molecule has 36 heavy (non-hydrogen) atoms. The fourth-order valence-corrected chi connectivity index (χ4v) is 5.28. The third kappa shape index (κ3) is 5.22. The number of hydrogen-bond acceptors (Lipinski definition) is 6. The van der Waals surface area contributed by atoms with Crippen LogP contribution in [0.5, 0.6) is 0 Å². The number of carbonyl (C=O) groups excluding carboxylic acids is 3. The van der Waals surface area contributed by atoms with Crippen molar-refractivity contribution in [3.63, 3.8) is 0 Å². The molecule has 0 radical (unpaired) electrons. The van der Waals surface area contributed by atoms with E-state index in [1.807, 2.05) is 48.7 Å². The van der Waals surface area contributed by atoms with Gasteiger partial charge in [0, 0.05) is 25.3 Å². The molecule has 1 fully saturated rings. The zero-order valence-corrected chi connectivity index (χ0v) is 21.8. The fourth-order valence-electron chi connectivity index (χ4n) is 4.38. The van der Waals surface area contributed by atoms with Gasteiger partial charge in [-0.25, -0.2) is 9.78 Å². The van der Waals surface area contributed by atoms with Crippen molar-refractivity contribution in [2.75, 3.05) is 24.3 Å². The first kappa shape index (κ1) is 25.7. The van der Waals surface area contributed by atoms with Crippen molar-refractivity contribution in [2.45, 2.75) is 31.8 Å². The van der Waals surface area contributed by atoms with Crippen molar-refractivity contribution in [3.05, 3.63) is 76.3 Å². The lowest BCUT2D eigenvalue weighted by molar-refractivity contribution is -0.156. The summed E-state index contributed by atoms with van der Waals surface area (Å²) in [4.78, 5) is 47.0. The smallest absolute Gasteiger partial charge is 0.325 e. The van der Waals surface area contributed by atoms with E-state index >= 15 is 0 Å². The maximum absolute atomic E-state index is 13.6. The second-order valence-corrected chi connectivity index (χ2v) is 9.94. The summed E-state index contributed by atoms with van der Waals surface area (Å²) in [6.07, 6.45) is 2.56. The molecule has 0 saturated carbocycles. The third-order valence-electron chi connectivity index (χ3n) is 6.35. The number of imide groups is 1. The summed E-state index contributed by atoms with van der Waals surface area (Å²) in [6, 6.07) is 12.7. The van der Waals surface area contributed by atoms with Gasteiger partial charge in [0.25, 0.3) is 5.91 Å². The third-order valence-corrected chi connectivity index (χ3v) is 7.53. The quantitative estimate of drug-likeness (QED) is 0.414. The highest BCUT2D eigenvalue weighted by molar-refractivity contribution is 7.14. The first-order valence-electron chi connectivity index (χ1n) is 11.7. The van der Waals surface area contributed by atoms with Crippen LogP contribution >= 0.6 is 22.9 Å². The van der Waals surface area contributed by atoms with Gasteiger partial charge in [0.05, 0.1) is 17.0 Å². The van der Waals surface area contributed by atoms with Crippen LogP contribution in [0.25, 0.3) is 0 Å². The molecule has 2 aromatic heterocycles. The van der Waals surface area contributed by atoms with Crippen LogP contribution in [0.3, 0.4) is 0 Å². The summed E-state index contributed by atoms with van der Waals surface area (Å²) < 4.78 is 0. The van der Waals surface area contributed by atoms with Crippen molar-refractivity contribution in [1.29, 1.82) is 0 Å². The van der Waals surface area contributed by atoms with Gasteiger partial charge in [-0.05, 0) is 65.7 Å². The van der Waals surface area contributed by atoms with Gasteiger partial charge in [-0.2, -0.15) is 0 Å². The van der Waals surface area contributed by atoms with Gasteiger partial charge in [0.2, 0.25) is 5.91 Å². The van der Waals surface area contributed by atoms with E-state index in [0.717, 1.165) is 21.0 Å². The molecule has 3 aromatic rings. The maximum Gasteiger partial charge on any atom is 0.325 e. The number of pyridine rings is 1.